The van der Waals surface area contributed by atoms with Crippen LogP contribution in [0.15, 0.2) is 0 Å². The molecule has 4 heteroatoms. The molecule has 2 N–H and O–H groups in total. The highest BCUT2D eigenvalue weighted by atomic mass is 16.5. The lowest BCUT2D eigenvalue weighted by Gasteiger charge is -2.25. The highest BCUT2D eigenvalue weighted by Crippen LogP contribution is 2.03. The second-order valence-electron chi connectivity index (χ2n) is 3.20. The first-order valence-corrected chi connectivity index (χ1v) is 3.90. The first-order chi connectivity index (χ1) is 5.39. The number of ether oxygens (including phenoxy) is 1. The second-order valence-corrected chi connectivity index (χ2v) is 3.20. The van der Waals surface area contributed by atoms with Crippen LogP contribution in [-0.2, 0) is 9.53 Å². The van der Waals surface area contributed by atoms with Crippen molar-refractivity contribution in [2.24, 2.45) is 0 Å². The minimum atomic E-state index is -1.02. The Morgan fingerprint density at radius 2 is 2.17 bits per heavy atom. The fourth-order valence-corrected chi connectivity index (χ4v) is 0.477. The third-order valence-corrected chi connectivity index (χ3v) is 1.67. The van der Waals surface area contributed by atoms with E-state index in [4.69, 9.17) is 9.84 Å². The molecule has 0 aliphatic rings. The van der Waals surface area contributed by atoms with Gasteiger partial charge >= 0.3 is 0 Å². The summed E-state index contributed by atoms with van der Waals surface area (Å²) in [5, 5.41) is 12.0. The number of hydrogen-bond acceptors (Lipinski definition) is 4. The van der Waals surface area contributed by atoms with Crippen molar-refractivity contribution in [3.8, 4) is 0 Å². The molecule has 12 heavy (non-hydrogen) atoms. The Balaban J connectivity index is 3.75. The Hall–Kier alpha value is -0.450. The minimum absolute atomic E-state index is 0.0309. The summed E-state index contributed by atoms with van der Waals surface area (Å²) >= 11 is 0. The van der Waals surface area contributed by atoms with Crippen LogP contribution in [0.2, 0.25) is 0 Å². The second kappa shape index (κ2) is 4.54. The summed E-state index contributed by atoms with van der Waals surface area (Å²) in [4.78, 5) is 10.6. The number of nitrogens with one attached hydrogen (secondary N) is 1. The highest BCUT2D eigenvalue weighted by Gasteiger charge is 2.18. The van der Waals surface area contributed by atoms with Gasteiger partial charge in [-0.2, -0.15) is 0 Å². The maximum Gasteiger partial charge on any atom is 0.160 e. The molecule has 0 aromatic rings. The lowest BCUT2D eigenvalue weighted by atomic mass is 10.2. The molecule has 0 spiro atoms. The normalized spacial score (nSPS) is 14.4. The predicted octanol–water partition coefficient (Wildman–Crippen LogP) is -0.0916. The van der Waals surface area contributed by atoms with Crippen LogP contribution in [0, 0.1) is 0 Å². The predicted molar refractivity (Wildman–Crippen MR) is 45.8 cm³/mol. The fraction of sp³-hybridized carbons (Fsp3) is 0.875. The average Bonchev–Trinajstić information content (AvgIpc) is 2.00. The molecule has 0 fully saturated rings. The smallest absolute Gasteiger partial charge is 0.160 e. The third-order valence-electron chi connectivity index (χ3n) is 1.67. The summed E-state index contributed by atoms with van der Waals surface area (Å²) in [7, 11) is 1.75. The van der Waals surface area contributed by atoms with E-state index in [1.807, 2.05) is 13.8 Å². The van der Waals surface area contributed by atoms with E-state index < -0.39 is 11.8 Å². The van der Waals surface area contributed by atoms with Gasteiger partial charge in [0.05, 0.1) is 6.61 Å². The first-order valence-electron chi connectivity index (χ1n) is 3.90. The van der Waals surface area contributed by atoms with Gasteiger partial charge in [0.25, 0.3) is 0 Å². The van der Waals surface area contributed by atoms with Gasteiger partial charge in [0.1, 0.15) is 11.8 Å². The molecule has 0 aromatic carbocycles. The maximum absolute atomic E-state index is 10.6. The molecular weight excluding hydrogens is 158 g/mol. The van der Waals surface area contributed by atoms with Gasteiger partial charge < -0.3 is 9.84 Å². The van der Waals surface area contributed by atoms with Crippen molar-refractivity contribution >= 4 is 5.78 Å². The third kappa shape index (κ3) is 4.43. The van der Waals surface area contributed by atoms with Gasteiger partial charge in [-0.3, -0.25) is 10.1 Å². The standard InChI is InChI=1S/C8H17NO3/c1-6(10)7(11)5-12-8(2,3)9-4/h7,9,11H,5H2,1-4H3. The summed E-state index contributed by atoms with van der Waals surface area (Å²) in [5.74, 6) is -0.276. The molecule has 0 saturated heterocycles. The quantitative estimate of drug-likeness (QED) is 0.573. The molecule has 0 aliphatic carbocycles. The fourth-order valence-electron chi connectivity index (χ4n) is 0.477. The van der Waals surface area contributed by atoms with Crippen molar-refractivity contribution in [2.75, 3.05) is 13.7 Å². The number of ketones is 1. The van der Waals surface area contributed by atoms with E-state index in [1.54, 1.807) is 7.05 Å². The molecule has 72 valence electrons. The molecule has 0 rings (SSSR count). The molecule has 0 saturated carbocycles. The Labute approximate surface area is 72.9 Å². The topological polar surface area (TPSA) is 58.6 Å². The van der Waals surface area contributed by atoms with E-state index in [-0.39, 0.29) is 12.4 Å². The SMILES string of the molecule is CNC(C)(C)OCC(O)C(C)=O. The number of Topliss-reactive ketones (excluding diaryl/α,β-unsaturated/α-hetero) is 1. The van der Waals surface area contributed by atoms with Crippen LogP contribution < -0.4 is 5.32 Å². The molecule has 0 aliphatic heterocycles. The van der Waals surface area contributed by atoms with Crippen LogP contribution in [0.4, 0.5) is 0 Å². The summed E-state index contributed by atoms with van der Waals surface area (Å²) in [6.07, 6.45) is -1.02. The van der Waals surface area contributed by atoms with Crippen LogP contribution in [-0.4, -0.2) is 36.4 Å². The van der Waals surface area contributed by atoms with Crippen molar-refractivity contribution in [1.82, 2.24) is 5.32 Å². The van der Waals surface area contributed by atoms with Crippen LogP contribution in [0.3, 0.4) is 0 Å². The average molecular weight is 175 g/mol. The molecule has 0 heterocycles. The largest absolute Gasteiger partial charge is 0.383 e. The van der Waals surface area contributed by atoms with Gasteiger partial charge in [-0.25, -0.2) is 0 Å². The Bertz CT molecular complexity index is 156. The summed E-state index contributed by atoms with van der Waals surface area (Å²) in [5.41, 5.74) is -0.504. The zero-order chi connectivity index (χ0) is 9.78. The highest BCUT2D eigenvalue weighted by molar-refractivity contribution is 5.80. The molecule has 1 unspecified atom stereocenters. The van der Waals surface area contributed by atoms with Gasteiger partial charge in [0, 0.05) is 0 Å². The molecule has 1 atom stereocenters. The van der Waals surface area contributed by atoms with Crippen LogP contribution in [0.5, 0.6) is 0 Å². The number of aliphatic hydroxyl groups is 1. The van der Waals surface area contributed by atoms with E-state index >= 15 is 0 Å². The van der Waals surface area contributed by atoms with E-state index in [0.717, 1.165) is 0 Å². The van der Waals surface area contributed by atoms with Crippen LogP contribution >= 0.6 is 0 Å². The molecule has 0 bridgehead atoms. The van der Waals surface area contributed by atoms with Crippen molar-refractivity contribution in [2.45, 2.75) is 32.6 Å². The number of hydrogen-bond donors (Lipinski definition) is 2. The minimum Gasteiger partial charge on any atom is -0.383 e. The first kappa shape index (κ1) is 11.6. The zero-order valence-corrected chi connectivity index (χ0v) is 8.05. The van der Waals surface area contributed by atoms with E-state index in [0.29, 0.717) is 0 Å². The van der Waals surface area contributed by atoms with Crippen molar-refractivity contribution in [3.05, 3.63) is 0 Å². The number of carbonyl (C=O) groups is 1. The molecular formula is C8H17NO3. The molecule has 0 aromatic heterocycles. The van der Waals surface area contributed by atoms with Gasteiger partial charge in [0.15, 0.2) is 5.78 Å². The Morgan fingerprint density at radius 1 is 1.67 bits per heavy atom. The van der Waals surface area contributed by atoms with Gasteiger partial charge in [-0.15, -0.1) is 0 Å². The van der Waals surface area contributed by atoms with E-state index in [1.165, 1.54) is 6.92 Å². The van der Waals surface area contributed by atoms with Gasteiger partial charge in [0.2, 0.25) is 0 Å². The summed E-state index contributed by atoms with van der Waals surface area (Å²) < 4.78 is 5.22. The maximum atomic E-state index is 10.6. The summed E-state index contributed by atoms with van der Waals surface area (Å²) in [6.45, 7) is 5.00. The zero-order valence-electron chi connectivity index (χ0n) is 8.05. The summed E-state index contributed by atoms with van der Waals surface area (Å²) in [6, 6.07) is 0. The lowest BCUT2D eigenvalue weighted by Crippen LogP contribution is -2.42. The van der Waals surface area contributed by atoms with Gasteiger partial charge in [-0.05, 0) is 27.8 Å². The van der Waals surface area contributed by atoms with E-state index in [2.05, 4.69) is 5.32 Å². The van der Waals surface area contributed by atoms with Crippen LogP contribution in [0.1, 0.15) is 20.8 Å². The van der Waals surface area contributed by atoms with Gasteiger partial charge in [-0.1, -0.05) is 0 Å². The monoisotopic (exact) mass is 175 g/mol. The van der Waals surface area contributed by atoms with Crippen molar-refractivity contribution in [1.29, 1.82) is 0 Å². The number of aliphatic hydroxyl groups excluding tert-OH is 1. The molecule has 0 radical (unpaired) electrons. The molecule has 0 amide bonds. The Morgan fingerprint density at radius 3 is 2.50 bits per heavy atom. The van der Waals surface area contributed by atoms with E-state index in [9.17, 15) is 4.79 Å². The Kier molecular flexibility index (Phi) is 4.37. The van der Waals surface area contributed by atoms with Crippen molar-refractivity contribution < 1.29 is 14.6 Å². The number of carbonyl (C=O) groups excluding carboxylic acids is 1. The van der Waals surface area contributed by atoms with Crippen LogP contribution in [0.25, 0.3) is 0 Å². The van der Waals surface area contributed by atoms with Crippen molar-refractivity contribution in [3.63, 3.8) is 0 Å². The molecule has 4 nitrogen and oxygen atoms in total. The number of rotatable bonds is 5. The lowest BCUT2D eigenvalue weighted by molar-refractivity contribution is -0.133.